The van der Waals surface area contributed by atoms with E-state index in [0.717, 1.165) is 0 Å². The maximum atomic E-state index is 12.1. The Labute approximate surface area is 108 Å². The summed E-state index contributed by atoms with van der Waals surface area (Å²) in [7, 11) is 0. The molecule has 2 N–H and O–H groups in total. The molecule has 0 bridgehead atoms. The molecule has 1 fully saturated rings. The van der Waals surface area contributed by atoms with Gasteiger partial charge in [-0.15, -0.1) is 0 Å². The molecule has 1 aliphatic rings. The first-order valence-corrected chi connectivity index (χ1v) is 6.54. The molecule has 104 valence electrons. The van der Waals surface area contributed by atoms with Crippen LogP contribution in [-0.4, -0.2) is 35.7 Å². The molecule has 5 unspecified atom stereocenters. The van der Waals surface area contributed by atoms with Crippen molar-refractivity contribution in [1.82, 2.24) is 5.32 Å². The molecule has 1 rings (SSSR count). The minimum absolute atomic E-state index is 0.0668. The van der Waals surface area contributed by atoms with Crippen LogP contribution in [0.4, 0.5) is 0 Å². The van der Waals surface area contributed by atoms with Crippen molar-refractivity contribution in [3.8, 4) is 0 Å². The number of hydrogen-bond donors (Lipinski definition) is 2. The van der Waals surface area contributed by atoms with E-state index < -0.39 is 11.9 Å². The summed E-state index contributed by atoms with van der Waals surface area (Å²) in [5.41, 5.74) is 0. The first kappa shape index (κ1) is 15.0. The summed E-state index contributed by atoms with van der Waals surface area (Å²) >= 11 is 0. The zero-order valence-electron chi connectivity index (χ0n) is 11.5. The second kappa shape index (κ2) is 6.18. The van der Waals surface area contributed by atoms with Gasteiger partial charge in [-0.3, -0.25) is 9.59 Å². The number of aliphatic carboxylic acids is 1. The molecule has 0 spiro atoms. The summed E-state index contributed by atoms with van der Waals surface area (Å²) in [5, 5.41) is 11.7. The number of carbonyl (C=O) groups is 2. The van der Waals surface area contributed by atoms with Crippen molar-refractivity contribution in [2.45, 2.75) is 46.3 Å². The number of ether oxygens (including phenoxy) is 1. The Kier molecular flexibility index (Phi) is 5.14. The van der Waals surface area contributed by atoms with E-state index in [0.29, 0.717) is 6.42 Å². The van der Waals surface area contributed by atoms with Crippen LogP contribution in [0, 0.1) is 17.8 Å². The number of nitrogens with one attached hydrogen (secondary N) is 1. The SMILES string of the molecule is CCC(CNC(=O)C1C(C)OC(C)C1C)C(=O)O. The number of hydrogen-bond acceptors (Lipinski definition) is 3. The summed E-state index contributed by atoms with van der Waals surface area (Å²) in [6.07, 6.45) is 0.468. The van der Waals surface area contributed by atoms with E-state index in [-0.39, 0.29) is 36.5 Å². The Morgan fingerprint density at radius 1 is 1.28 bits per heavy atom. The Hall–Kier alpha value is -1.10. The van der Waals surface area contributed by atoms with Gasteiger partial charge in [0.2, 0.25) is 5.91 Å². The molecule has 0 aromatic heterocycles. The minimum atomic E-state index is -0.866. The van der Waals surface area contributed by atoms with E-state index in [1.165, 1.54) is 0 Å². The zero-order chi connectivity index (χ0) is 13.9. The van der Waals surface area contributed by atoms with Gasteiger partial charge >= 0.3 is 5.97 Å². The Morgan fingerprint density at radius 2 is 1.89 bits per heavy atom. The Balaban J connectivity index is 2.53. The van der Waals surface area contributed by atoms with Crippen LogP contribution in [0.1, 0.15) is 34.1 Å². The average molecular weight is 257 g/mol. The van der Waals surface area contributed by atoms with E-state index in [1.54, 1.807) is 6.92 Å². The molecule has 0 aromatic carbocycles. The Morgan fingerprint density at radius 3 is 2.28 bits per heavy atom. The lowest BCUT2D eigenvalue weighted by Crippen LogP contribution is -2.40. The molecule has 18 heavy (non-hydrogen) atoms. The van der Waals surface area contributed by atoms with E-state index in [4.69, 9.17) is 9.84 Å². The molecule has 0 aromatic rings. The zero-order valence-corrected chi connectivity index (χ0v) is 11.5. The van der Waals surface area contributed by atoms with Crippen LogP contribution in [0.15, 0.2) is 0 Å². The molecule has 0 saturated carbocycles. The van der Waals surface area contributed by atoms with Crippen LogP contribution in [0.2, 0.25) is 0 Å². The monoisotopic (exact) mass is 257 g/mol. The number of carbonyl (C=O) groups excluding carboxylic acids is 1. The minimum Gasteiger partial charge on any atom is -0.481 e. The topological polar surface area (TPSA) is 75.6 Å². The van der Waals surface area contributed by atoms with Crippen LogP contribution in [0.3, 0.4) is 0 Å². The summed E-state index contributed by atoms with van der Waals surface area (Å²) in [6.45, 7) is 7.83. The van der Waals surface area contributed by atoms with Gasteiger partial charge in [0.1, 0.15) is 0 Å². The van der Waals surface area contributed by atoms with Gasteiger partial charge in [-0.1, -0.05) is 13.8 Å². The van der Waals surface area contributed by atoms with Crippen molar-refractivity contribution in [2.75, 3.05) is 6.54 Å². The van der Waals surface area contributed by atoms with Gasteiger partial charge in [0.25, 0.3) is 0 Å². The van der Waals surface area contributed by atoms with Gasteiger partial charge in [0.15, 0.2) is 0 Å². The number of carboxylic acids is 1. The third-order valence-electron chi connectivity index (χ3n) is 3.91. The third kappa shape index (κ3) is 3.22. The lowest BCUT2D eigenvalue weighted by molar-refractivity contribution is -0.141. The number of rotatable bonds is 5. The fraction of sp³-hybridized carbons (Fsp3) is 0.846. The summed E-state index contributed by atoms with van der Waals surface area (Å²) in [5.74, 6) is -1.51. The molecule has 1 heterocycles. The van der Waals surface area contributed by atoms with Crippen molar-refractivity contribution < 1.29 is 19.4 Å². The quantitative estimate of drug-likeness (QED) is 0.777. The second-order valence-electron chi connectivity index (χ2n) is 5.12. The first-order valence-electron chi connectivity index (χ1n) is 6.54. The third-order valence-corrected chi connectivity index (χ3v) is 3.91. The van der Waals surface area contributed by atoms with E-state index in [2.05, 4.69) is 5.32 Å². The van der Waals surface area contributed by atoms with Crippen LogP contribution < -0.4 is 5.32 Å². The van der Waals surface area contributed by atoms with Gasteiger partial charge < -0.3 is 15.2 Å². The molecule has 0 aliphatic carbocycles. The molecular weight excluding hydrogens is 234 g/mol. The van der Waals surface area contributed by atoms with E-state index in [9.17, 15) is 9.59 Å². The number of amides is 1. The highest BCUT2D eigenvalue weighted by atomic mass is 16.5. The van der Waals surface area contributed by atoms with Crippen LogP contribution in [0.25, 0.3) is 0 Å². The molecule has 1 aliphatic heterocycles. The molecule has 5 heteroatoms. The van der Waals surface area contributed by atoms with Gasteiger partial charge in [-0.25, -0.2) is 0 Å². The predicted molar refractivity (Wildman–Crippen MR) is 67.1 cm³/mol. The maximum absolute atomic E-state index is 12.1. The average Bonchev–Trinajstić information content (AvgIpc) is 2.53. The number of carboxylic acid groups (broad SMARTS) is 1. The lowest BCUT2D eigenvalue weighted by atomic mass is 9.88. The normalized spacial score (nSPS) is 33.1. The van der Waals surface area contributed by atoms with Crippen molar-refractivity contribution >= 4 is 11.9 Å². The molecule has 1 amide bonds. The first-order chi connectivity index (χ1) is 8.38. The molecule has 0 radical (unpaired) electrons. The largest absolute Gasteiger partial charge is 0.481 e. The van der Waals surface area contributed by atoms with Gasteiger partial charge in [0.05, 0.1) is 24.0 Å². The van der Waals surface area contributed by atoms with E-state index in [1.807, 2.05) is 20.8 Å². The molecule has 5 nitrogen and oxygen atoms in total. The van der Waals surface area contributed by atoms with Crippen LogP contribution >= 0.6 is 0 Å². The van der Waals surface area contributed by atoms with Crippen LogP contribution in [0.5, 0.6) is 0 Å². The van der Waals surface area contributed by atoms with Crippen molar-refractivity contribution in [3.63, 3.8) is 0 Å². The summed E-state index contributed by atoms with van der Waals surface area (Å²) < 4.78 is 5.61. The van der Waals surface area contributed by atoms with Crippen LogP contribution in [-0.2, 0) is 14.3 Å². The Bertz CT molecular complexity index is 318. The lowest BCUT2D eigenvalue weighted by Gasteiger charge is -2.19. The summed E-state index contributed by atoms with van der Waals surface area (Å²) in [4.78, 5) is 22.9. The highest BCUT2D eigenvalue weighted by Crippen LogP contribution is 2.32. The molecule has 1 saturated heterocycles. The van der Waals surface area contributed by atoms with Crippen molar-refractivity contribution in [3.05, 3.63) is 0 Å². The van der Waals surface area contributed by atoms with Crippen molar-refractivity contribution in [1.29, 1.82) is 0 Å². The fourth-order valence-electron chi connectivity index (χ4n) is 2.47. The maximum Gasteiger partial charge on any atom is 0.308 e. The highest BCUT2D eigenvalue weighted by molar-refractivity contribution is 5.80. The highest BCUT2D eigenvalue weighted by Gasteiger charge is 2.41. The van der Waals surface area contributed by atoms with Gasteiger partial charge in [-0.05, 0) is 26.2 Å². The van der Waals surface area contributed by atoms with Gasteiger partial charge in [-0.2, -0.15) is 0 Å². The van der Waals surface area contributed by atoms with Crippen molar-refractivity contribution in [2.24, 2.45) is 17.8 Å². The molecular formula is C13H23NO4. The van der Waals surface area contributed by atoms with E-state index >= 15 is 0 Å². The summed E-state index contributed by atoms with van der Waals surface area (Å²) in [6, 6.07) is 0. The second-order valence-corrected chi connectivity index (χ2v) is 5.12. The fourth-order valence-corrected chi connectivity index (χ4v) is 2.47. The molecule has 5 atom stereocenters. The smallest absolute Gasteiger partial charge is 0.308 e. The predicted octanol–water partition coefficient (Wildman–Crippen LogP) is 1.27. The van der Waals surface area contributed by atoms with Gasteiger partial charge in [0, 0.05) is 6.54 Å². The standard InChI is InChI=1S/C13H23NO4/c1-5-10(13(16)17)6-14-12(15)11-7(2)8(3)18-9(11)4/h7-11H,5-6H2,1-4H3,(H,14,15)(H,16,17).